The molecule has 7 heteroatoms. The van der Waals surface area contributed by atoms with E-state index in [1.165, 1.54) is 0 Å². The van der Waals surface area contributed by atoms with E-state index in [4.69, 9.17) is 5.26 Å². The molecule has 0 spiro atoms. The Morgan fingerprint density at radius 2 is 1.91 bits per heavy atom. The fourth-order valence-electron chi connectivity index (χ4n) is 4.46. The van der Waals surface area contributed by atoms with Crippen LogP contribution in [0.15, 0.2) is 60.1 Å². The highest BCUT2D eigenvalue weighted by Gasteiger charge is 2.55. The predicted molar refractivity (Wildman–Crippen MR) is 123 cm³/mol. The van der Waals surface area contributed by atoms with E-state index in [9.17, 15) is 9.59 Å². The molecule has 2 aromatic carbocycles. The third-order valence-electron chi connectivity index (χ3n) is 6.24. The van der Waals surface area contributed by atoms with Crippen LogP contribution in [0.25, 0.3) is 10.6 Å². The van der Waals surface area contributed by atoms with Gasteiger partial charge in [-0.3, -0.25) is 9.59 Å². The van der Waals surface area contributed by atoms with Crippen molar-refractivity contribution in [3.63, 3.8) is 0 Å². The third kappa shape index (κ3) is 4.14. The van der Waals surface area contributed by atoms with E-state index in [0.29, 0.717) is 24.3 Å². The zero-order valence-electron chi connectivity index (χ0n) is 17.4. The summed E-state index contributed by atoms with van der Waals surface area (Å²) in [6.45, 7) is 0. The van der Waals surface area contributed by atoms with Crippen molar-refractivity contribution in [2.45, 2.75) is 37.8 Å². The number of anilines is 1. The number of piperidine rings is 1. The van der Waals surface area contributed by atoms with Crippen LogP contribution in [0.1, 0.15) is 30.4 Å². The molecule has 2 heterocycles. The van der Waals surface area contributed by atoms with Crippen LogP contribution in [-0.4, -0.2) is 33.8 Å². The van der Waals surface area contributed by atoms with Gasteiger partial charge in [-0.25, -0.2) is 4.98 Å². The zero-order chi connectivity index (χ0) is 22.1. The molecule has 1 saturated heterocycles. The Balaban J connectivity index is 1.21. The number of nitrogens with zero attached hydrogens (tertiary/aromatic N) is 3. The van der Waals surface area contributed by atoms with Crippen LogP contribution >= 0.6 is 11.3 Å². The molecule has 2 fully saturated rings. The summed E-state index contributed by atoms with van der Waals surface area (Å²) in [6.07, 6.45) is 4.46. The van der Waals surface area contributed by atoms with Crippen LogP contribution in [0.5, 0.6) is 0 Å². The molecule has 0 unspecified atom stereocenters. The fraction of sp³-hybridized carbons (Fsp3) is 0.280. The van der Waals surface area contributed by atoms with Crippen LogP contribution in [0.2, 0.25) is 0 Å². The first-order chi connectivity index (χ1) is 15.6. The number of thiazole rings is 1. The number of benzene rings is 2. The number of hydrogen-bond donors (Lipinski definition) is 1. The lowest BCUT2D eigenvalue weighted by Gasteiger charge is -2.27. The number of carbonyl (C=O) groups excluding carboxylic acids is 2. The molecule has 1 aliphatic heterocycles. The Labute approximate surface area is 190 Å². The Morgan fingerprint density at radius 1 is 1.12 bits per heavy atom. The maximum absolute atomic E-state index is 13.0. The normalized spacial score (nSPS) is 21.0. The Kier molecular flexibility index (Phi) is 5.46. The van der Waals surface area contributed by atoms with E-state index < -0.39 is 6.04 Å². The molecule has 1 aliphatic carbocycles. The lowest BCUT2D eigenvalue weighted by atomic mass is 10.1. The average Bonchev–Trinajstić information content (AvgIpc) is 3.22. The second kappa shape index (κ2) is 8.56. The molecule has 0 radical (unpaired) electrons. The molecule has 3 atom stereocenters. The molecular weight excluding hydrogens is 420 g/mol. The summed E-state index contributed by atoms with van der Waals surface area (Å²) in [5, 5.41) is 14.8. The average molecular weight is 443 g/mol. The monoisotopic (exact) mass is 442 g/mol. The minimum atomic E-state index is -0.411. The van der Waals surface area contributed by atoms with E-state index in [-0.39, 0.29) is 17.9 Å². The molecule has 0 bridgehead atoms. The van der Waals surface area contributed by atoms with Crippen LogP contribution in [0, 0.1) is 17.2 Å². The van der Waals surface area contributed by atoms with E-state index in [2.05, 4.69) is 16.4 Å². The summed E-state index contributed by atoms with van der Waals surface area (Å²) >= 11 is 1.57. The number of aromatic nitrogens is 1. The van der Waals surface area contributed by atoms with Crippen molar-refractivity contribution in [1.29, 1.82) is 5.26 Å². The molecule has 1 aromatic heterocycles. The summed E-state index contributed by atoms with van der Waals surface area (Å²) in [5.74, 6) is 0.349. The molecule has 5 rings (SSSR count). The lowest BCUT2D eigenvalue weighted by Crippen LogP contribution is -2.45. The zero-order valence-corrected chi connectivity index (χ0v) is 18.2. The van der Waals surface area contributed by atoms with Gasteiger partial charge in [0.15, 0.2) is 0 Å². The molecule has 3 aromatic rings. The minimum Gasteiger partial charge on any atom is -0.327 e. The lowest BCUT2D eigenvalue weighted by molar-refractivity contribution is -0.137. The van der Waals surface area contributed by atoms with E-state index in [0.717, 1.165) is 34.7 Å². The van der Waals surface area contributed by atoms with Crippen molar-refractivity contribution in [3.05, 3.63) is 71.2 Å². The quantitative estimate of drug-likeness (QED) is 0.619. The number of rotatable bonds is 6. The molecule has 160 valence electrons. The number of hydrogen-bond acceptors (Lipinski definition) is 5. The van der Waals surface area contributed by atoms with Crippen LogP contribution in [0.3, 0.4) is 0 Å². The fourth-order valence-corrected chi connectivity index (χ4v) is 5.11. The van der Waals surface area contributed by atoms with Crippen molar-refractivity contribution >= 4 is 28.8 Å². The summed E-state index contributed by atoms with van der Waals surface area (Å²) in [6, 6.07) is 16.8. The molecule has 2 aliphatic rings. The number of amides is 2. The van der Waals surface area contributed by atoms with E-state index in [1.807, 2.05) is 46.7 Å². The predicted octanol–water partition coefficient (Wildman–Crippen LogP) is 4.24. The maximum atomic E-state index is 13.0. The largest absolute Gasteiger partial charge is 0.327 e. The molecule has 2 amide bonds. The van der Waals surface area contributed by atoms with Gasteiger partial charge in [-0.2, -0.15) is 5.26 Å². The third-order valence-corrected chi connectivity index (χ3v) is 7.06. The SMILES string of the molecule is N#Cc1ccc(CCC(=O)N2[C@@H]3C[C@@H]3C[C@H]2C(=O)Nc2ccc(-c3nccs3)cc2)cc1. The van der Waals surface area contributed by atoms with Crippen molar-refractivity contribution in [3.8, 4) is 16.6 Å². The van der Waals surface area contributed by atoms with Crippen molar-refractivity contribution in [1.82, 2.24) is 9.88 Å². The second-order valence-corrected chi connectivity index (χ2v) is 9.22. The smallest absolute Gasteiger partial charge is 0.247 e. The summed E-state index contributed by atoms with van der Waals surface area (Å²) in [5.41, 5.74) is 3.36. The van der Waals surface area contributed by atoms with Gasteiger partial charge in [0, 0.05) is 35.3 Å². The molecular formula is C25H22N4O2S. The number of carbonyl (C=O) groups is 2. The summed E-state index contributed by atoms with van der Waals surface area (Å²) < 4.78 is 0. The van der Waals surface area contributed by atoms with Crippen molar-refractivity contribution in [2.24, 2.45) is 5.92 Å². The standard InChI is InChI=1S/C25H22N4O2S/c26-15-17-3-1-16(2-4-17)5-10-23(30)29-21-13-19(21)14-22(29)24(31)28-20-8-6-18(7-9-20)25-27-11-12-32-25/h1-4,6-9,11-12,19,21-22H,5,10,13-14H2,(H,28,31)/t19-,21-,22+/m1/s1. The minimum absolute atomic E-state index is 0.0265. The number of likely N-dealkylation sites (tertiary alicyclic amines) is 1. The Bertz CT molecular complexity index is 1170. The number of nitriles is 1. The van der Waals surface area contributed by atoms with Crippen LogP contribution in [0.4, 0.5) is 5.69 Å². The topological polar surface area (TPSA) is 86.1 Å². The van der Waals surface area contributed by atoms with Gasteiger partial charge in [0.2, 0.25) is 11.8 Å². The summed E-state index contributed by atoms with van der Waals surface area (Å²) in [7, 11) is 0. The van der Waals surface area contributed by atoms with Crippen LogP contribution < -0.4 is 5.32 Å². The van der Waals surface area contributed by atoms with Gasteiger partial charge < -0.3 is 10.2 Å². The first-order valence-electron chi connectivity index (χ1n) is 10.7. The van der Waals surface area contributed by atoms with Crippen LogP contribution in [-0.2, 0) is 16.0 Å². The maximum Gasteiger partial charge on any atom is 0.247 e. The van der Waals surface area contributed by atoms with Crippen molar-refractivity contribution < 1.29 is 9.59 Å². The van der Waals surface area contributed by atoms with E-state index in [1.54, 1.807) is 29.7 Å². The molecule has 1 saturated carbocycles. The first kappa shape index (κ1) is 20.4. The molecule has 1 N–H and O–H groups in total. The van der Waals surface area contributed by atoms with Gasteiger partial charge in [-0.1, -0.05) is 12.1 Å². The molecule has 6 nitrogen and oxygen atoms in total. The van der Waals surface area contributed by atoms with Gasteiger partial charge in [0.05, 0.1) is 11.6 Å². The van der Waals surface area contributed by atoms with Crippen molar-refractivity contribution in [2.75, 3.05) is 5.32 Å². The second-order valence-electron chi connectivity index (χ2n) is 8.33. The highest BCUT2D eigenvalue weighted by Crippen LogP contribution is 2.48. The first-order valence-corrected chi connectivity index (χ1v) is 11.6. The highest BCUT2D eigenvalue weighted by molar-refractivity contribution is 7.13. The number of aryl methyl sites for hydroxylation is 1. The van der Waals surface area contributed by atoms with Gasteiger partial charge in [0.25, 0.3) is 0 Å². The summed E-state index contributed by atoms with van der Waals surface area (Å²) in [4.78, 5) is 32.1. The van der Waals surface area contributed by atoms with E-state index >= 15 is 0 Å². The van der Waals surface area contributed by atoms with Gasteiger partial charge in [0.1, 0.15) is 11.0 Å². The Morgan fingerprint density at radius 3 is 2.59 bits per heavy atom. The number of fused-ring (bicyclic) bond motifs is 1. The van der Waals surface area contributed by atoms with Gasteiger partial charge >= 0.3 is 0 Å². The number of nitrogens with one attached hydrogen (secondary N) is 1. The van der Waals surface area contributed by atoms with Gasteiger partial charge in [-0.15, -0.1) is 11.3 Å². The highest BCUT2D eigenvalue weighted by atomic mass is 32.1. The molecule has 32 heavy (non-hydrogen) atoms. The Hall–Kier alpha value is -3.50. The van der Waals surface area contributed by atoms with Gasteiger partial charge in [-0.05, 0) is 67.1 Å².